The lowest BCUT2D eigenvalue weighted by Crippen LogP contribution is -2.09. The van der Waals surface area contributed by atoms with Gasteiger partial charge in [0, 0.05) is 17.7 Å². The van der Waals surface area contributed by atoms with E-state index in [9.17, 15) is 8.78 Å². The van der Waals surface area contributed by atoms with Gasteiger partial charge < -0.3 is 15.2 Å². The predicted molar refractivity (Wildman–Crippen MR) is 76.3 cm³/mol. The Hall–Kier alpha value is -2.14. The molecule has 0 aliphatic rings. The van der Waals surface area contributed by atoms with Crippen molar-refractivity contribution in [2.24, 2.45) is 5.73 Å². The number of nitrogens with two attached hydrogens (primary N) is 1. The maximum atomic E-state index is 13.6. The quantitative estimate of drug-likeness (QED) is 0.916. The molecule has 2 aromatic carbocycles. The maximum Gasteiger partial charge on any atom is 0.132 e. The molecule has 0 amide bonds. The van der Waals surface area contributed by atoms with Crippen molar-refractivity contribution in [2.45, 2.75) is 19.6 Å². The molecule has 0 bridgehead atoms. The number of benzene rings is 2. The first-order valence-corrected chi connectivity index (χ1v) is 6.52. The Bertz CT molecular complexity index is 609. The monoisotopic (exact) mass is 293 g/mol. The van der Waals surface area contributed by atoms with E-state index in [4.69, 9.17) is 15.2 Å². The Morgan fingerprint density at radius 2 is 1.81 bits per heavy atom. The zero-order valence-corrected chi connectivity index (χ0v) is 11.9. The summed E-state index contributed by atoms with van der Waals surface area (Å²) >= 11 is 0. The highest BCUT2D eigenvalue weighted by Gasteiger charge is 2.13. The molecule has 0 heterocycles. The topological polar surface area (TPSA) is 44.5 Å². The lowest BCUT2D eigenvalue weighted by atomic mass is 10.1. The van der Waals surface area contributed by atoms with Crippen LogP contribution in [0, 0.1) is 11.6 Å². The molecule has 2 N–H and O–H groups in total. The second-order valence-electron chi connectivity index (χ2n) is 4.68. The molecule has 0 spiro atoms. The van der Waals surface area contributed by atoms with E-state index < -0.39 is 11.6 Å². The minimum Gasteiger partial charge on any atom is -0.497 e. The maximum absolute atomic E-state index is 13.6. The van der Waals surface area contributed by atoms with Crippen molar-refractivity contribution in [3.8, 4) is 11.5 Å². The molecule has 0 aromatic heterocycles. The Morgan fingerprint density at radius 1 is 1.14 bits per heavy atom. The van der Waals surface area contributed by atoms with Crippen LogP contribution in [0.15, 0.2) is 36.4 Å². The molecule has 0 aliphatic carbocycles. The summed E-state index contributed by atoms with van der Waals surface area (Å²) in [4.78, 5) is 0. The Kier molecular flexibility index (Phi) is 4.75. The highest BCUT2D eigenvalue weighted by Crippen LogP contribution is 2.29. The average molecular weight is 293 g/mol. The van der Waals surface area contributed by atoms with Gasteiger partial charge in [-0.2, -0.15) is 0 Å². The summed E-state index contributed by atoms with van der Waals surface area (Å²) in [5.41, 5.74) is 6.49. The smallest absolute Gasteiger partial charge is 0.132 e. The first-order chi connectivity index (χ1) is 10.0. The predicted octanol–water partition coefficient (Wildman–Crippen LogP) is 3.57. The normalized spacial score (nSPS) is 12.0. The van der Waals surface area contributed by atoms with E-state index in [2.05, 4.69) is 0 Å². The van der Waals surface area contributed by atoms with Crippen LogP contribution in [0.1, 0.15) is 24.1 Å². The summed E-state index contributed by atoms with van der Waals surface area (Å²) < 4.78 is 37.8. The summed E-state index contributed by atoms with van der Waals surface area (Å²) in [7, 11) is 1.53. The number of hydrogen-bond acceptors (Lipinski definition) is 3. The molecule has 2 rings (SSSR count). The van der Waals surface area contributed by atoms with Crippen LogP contribution >= 0.6 is 0 Å². The first-order valence-electron chi connectivity index (χ1n) is 6.52. The van der Waals surface area contributed by atoms with E-state index in [1.165, 1.54) is 25.3 Å². The van der Waals surface area contributed by atoms with Gasteiger partial charge >= 0.3 is 0 Å². The lowest BCUT2D eigenvalue weighted by molar-refractivity contribution is 0.286. The molecule has 112 valence electrons. The summed E-state index contributed by atoms with van der Waals surface area (Å²) in [5.74, 6) is -0.240. The molecule has 0 radical (unpaired) electrons. The fourth-order valence-corrected chi connectivity index (χ4v) is 1.96. The molecule has 5 heteroatoms. The SMILES string of the molecule is COc1ccc(C(C)N)c(OCc2c(F)cccc2F)c1. The molecule has 0 aliphatic heterocycles. The fourth-order valence-electron chi connectivity index (χ4n) is 1.96. The van der Waals surface area contributed by atoms with Crippen LogP contribution in [0.2, 0.25) is 0 Å². The van der Waals surface area contributed by atoms with Crippen LogP contribution in [0.25, 0.3) is 0 Å². The van der Waals surface area contributed by atoms with Gasteiger partial charge in [-0.3, -0.25) is 0 Å². The van der Waals surface area contributed by atoms with Gasteiger partial charge in [0.15, 0.2) is 0 Å². The highest BCUT2D eigenvalue weighted by molar-refractivity contribution is 5.42. The number of rotatable bonds is 5. The number of methoxy groups -OCH3 is 1. The largest absolute Gasteiger partial charge is 0.497 e. The van der Waals surface area contributed by atoms with Crippen LogP contribution in [0.3, 0.4) is 0 Å². The third-order valence-electron chi connectivity index (χ3n) is 3.14. The minimum atomic E-state index is -0.639. The van der Waals surface area contributed by atoms with Crippen LogP contribution in [-0.4, -0.2) is 7.11 Å². The lowest BCUT2D eigenvalue weighted by Gasteiger charge is -2.15. The molecular formula is C16H17F2NO2. The Balaban J connectivity index is 2.26. The van der Waals surface area contributed by atoms with Crippen molar-refractivity contribution < 1.29 is 18.3 Å². The summed E-state index contributed by atoms with van der Waals surface area (Å²) in [6.07, 6.45) is 0. The zero-order chi connectivity index (χ0) is 15.4. The summed E-state index contributed by atoms with van der Waals surface area (Å²) in [6, 6.07) is 8.62. The van der Waals surface area contributed by atoms with Crippen LogP contribution < -0.4 is 15.2 Å². The molecule has 0 saturated heterocycles. The molecule has 0 saturated carbocycles. The van der Waals surface area contributed by atoms with Gasteiger partial charge in [-0.25, -0.2) is 8.78 Å². The highest BCUT2D eigenvalue weighted by atomic mass is 19.1. The van der Waals surface area contributed by atoms with Gasteiger partial charge in [0.25, 0.3) is 0 Å². The van der Waals surface area contributed by atoms with E-state index in [0.29, 0.717) is 11.5 Å². The number of hydrogen-bond donors (Lipinski definition) is 1. The van der Waals surface area contributed by atoms with Crippen molar-refractivity contribution >= 4 is 0 Å². The number of halogens is 2. The van der Waals surface area contributed by atoms with Gasteiger partial charge in [-0.1, -0.05) is 12.1 Å². The standard InChI is InChI=1S/C16H17F2NO2/c1-10(19)12-7-6-11(20-2)8-16(12)21-9-13-14(17)4-3-5-15(13)18/h3-8,10H,9,19H2,1-2H3. The van der Waals surface area contributed by atoms with Crippen molar-refractivity contribution in [3.05, 3.63) is 59.2 Å². The summed E-state index contributed by atoms with van der Waals surface area (Å²) in [5, 5.41) is 0. The molecular weight excluding hydrogens is 276 g/mol. The van der Waals surface area contributed by atoms with Crippen molar-refractivity contribution in [2.75, 3.05) is 7.11 Å². The van der Waals surface area contributed by atoms with E-state index in [-0.39, 0.29) is 18.2 Å². The first kappa shape index (κ1) is 15.3. The number of ether oxygens (including phenoxy) is 2. The van der Waals surface area contributed by atoms with Gasteiger partial charge in [0.2, 0.25) is 0 Å². The molecule has 1 unspecified atom stereocenters. The van der Waals surface area contributed by atoms with E-state index in [0.717, 1.165) is 5.56 Å². The minimum absolute atomic E-state index is 0.115. The van der Waals surface area contributed by atoms with Crippen molar-refractivity contribution in [1.82, 2.24) is 0 Å². The van der Waals surface area contributed by atoms with Gasteiger partial charge in [-0.15, -0.1) is 0 Å². The van der Waals surface area contributed by atoms with Gasteiger partial charge in [0.1, 0.15) is 29.7 Å². The summed E-state index contributed by atoms with van der Waals surface area (Å²) in [6.45, 7) is 1.59. The van der Waals surface area contributed by atoms with E-state index >= 15 is 0 Å². The van der Waals surface area contributed by atoms with Crippen molar-refractivity contribution in [3.63, 3.8) is 0 Å². The van der Waals surface area contributed by atoms with Crippen LogP contribution in [0.5, 0.6) is 11.5 Å². The van der Waals surface area contributed by atoms with E-state index in [1.807, 2.05) is 0 Å². The zero-order valence-electron chi connectivity index (χ0n) is 11.9. The fraction of sp³-hybridized carbons (Fsp3) is 0.250. The molecule has 3 nitrogen and oxygen atoms in total. The van der Waals surface area contributed by atoms with Crippen molar-refractivity contribution in [1.29, 1.82) is 0 Å². The Labute approximate surface area is 122 Å². The van der Waals surface area contributed by atoms with Gasteiger partial charge in [0.05, 0.1) is 12.7 Å². The van der Waals surface area contributed by atoms with Crippen LogP contribution in [-0.2, 0) is 6.61 Å². The average Bonchev–Trinajstić information content (AvgIpc) is 2.46. The molecule has 0 fully saturated rings. The third-order valence-corrected chi connectivity index (χ3v) is 3.14. The Morgan fingerprint density at radius 3 is 2.38 bits per heavy atom. The van der Waals surface area contributed by atoms with Gasteiger partial charge in [-0.05, 0) is 25.1 Å². The second-order valence-corrected chi connectivity index (χ2v) is 4.68. The molecule has 21 heavy (non-hydrogen) atoms. The molecule has 2 aromatic rings. The van der Waals surface area contributed by atoms with Crippen LogP contribution in [0.4, 0.5) is 8.78 Å². The second kappa shape index (κ2) is 6.54. The third kappa shape index (κ3) is 3.49. The van der Waals surface area contributed by atoms with E-state index in [1.54, 1.807) is 25.1 Å². The molecule has 1 atom stereocenters.